The van der Waals surface area contributed by atoms with Crippen LogP contribution in [0.1, 0.15) is 35.3 Å². The van der Waals surface area contributed by atoms with Gasteiger partial charge in [-0.25, -0.2) is 14.9 Å². The predicted molar refractivity (Wildman–Crippen MR) is 107 cm³/mol. The van der Waals surface area contributed by atoms with E-state index in [0.717, 1.165) is 18.7 Å². The second-order valence-electron chi connectivity index (χ2n) is 7.63. The van der Waals surface area contributed by atoms with E-state index in [1.807, 2.05) is 6.07 Å². The lowest BCUT2D eigenvalue weighted by Crippen LogP contribution is -2.42. The van der Waals surface area contributed by atoms with E-state index < -0.39 is 0 Å². The Morgan fingerprint density at radius 3 is 3.00 bits per heavy atom. The van der Waals surface area contributed by atoms with Gasteiger partial charge in [0.25, 0.3) is 5.91 Å². The van der Waals surface area contributed by atoms with Gasteiger partial charge < -0.3 is 20.4 Å². The van der Waals surface area contributed by atoms with E-state index in [1.54, 1.807) is 12.4 Å². The molecule has 0 spiro atoms. The number of rotatable bonds is 3. The Kier molecular flexibility index (Phi) is 3.99. The number of amides is 1. The van der Waals surface area contributed by atoms with Gasteiger partial charge in [0.05, 0.1) is 0 Å². The van der Waals surface area contributed by atoms with Gasteiger partial charge in [0.2, 0.25) is 17.8 Å². The minimum atomic E-state index is -0.253. The Labute approximate surface area is 167 Å². The van der Waals surface area contributed by atoms with Crippen molar-refractivity contribution in [3.63, 3.8) is 0 Å². The molecule has 9 heteroatoms. The zero-order valence-corrected chi connectivity index (χ0v) is 16.2. The number of carbonyl (C=O) groups excluding carboxylic acids is 1. The highest BCUT2D eigenvalue weighted by molar-refractivity contribution is 6.07. The third-order valence-electron chi connectivity index (χ3n) is 5.30. The van der Waals surface area contributed by atoms with Crippen molar-refractivity contribution in [2.24, 2.45) is 0 Å². The maximum absolute atomic E-state index is 12.7. The summed E-state index contributed by atoms with van der Waals surface area (Å²) in [6.45, 7) is 5.35. The van der Waals surface area contributed by atoms with E-state index in [4.69, 9.17) is 4.74 Å². The molecule has 9 nitrogen and oxygen atoms in total. The fourth-order valence-corrected chi connectivity index (χ4v) is 3.80. The standard InChI is InChI=1S/C20H21N7O2/c1-20(2)15-4-3-13(9-12(15)5-6-24-20)25-18-23-10-14-16(26-18)29-11-27(17(14)28)19-21-7-8-22-19/h3-4,7-10,24H,5-6,11H2,1-2H3,(H,21,22)(H,23,25,26). The highest BCUT2D eigenvalue weighted by atomic mass is 16.5. The normalized spacial score (nSPS) is 17.3. The van der Waals surface area contributed by atoms with Gasteiger partial charge in [-0.2, -0.15) is 4.98 Å². The number of nitrogens with one attached hydrogen (secondary N) is 3. The molecule has 0 atom stereocenters. The summed E-state index contributed by atoms with van der Waals surface area (Å²) < 4.78 is 5.67. The maximum Gasteiger partial charge on any atom is 0.270 e. The molecule has 0 fully saturated rings. The molecule has 2 aliphatic rings. The van der Waals surface area contributed by atoms with Crippen molar-refractivity contribution in [3.8, 4) is 5.88 Å². The number of imidazole rings is 1. The van der Waals surface area contributed by atoms with Crippen molar-refractivity contribution >= 4 is 23.5 Å². The van der Waals surface area contributed by atoms with Crippen LogP contribution in [-0.2, 0) is 12.0 Å². The number of nitrogens with zero attached hydrogens (tertiary/aromatic N) is 4. The van der Waals surface area contributed by atoms with Crippen LogP contribution < -0.4 is 20.3 Å². The fraction of sp³-hybridized carbons (Fsp3) is 0.300. The van der Waals surface area contributed by atoms with Crippen LogP contribution in [0.5, 0.6) is 5.88 Å². The zero-order valence-electron chi connectivity index (χ0n) is 16.2. The minimum Gasteiger partial charge on any atom is -0.455 e. The molecule has 0 aliphatic carbocycles. The van der Waals surface area contributed by atoms with Gasteiger partial charge in [0, 0.05) is 29.8 Å². The first kappa shape index (κ1) is 17.6. The summed E-state index contributed by atoms with van der Waals surface area (Å²) in [6.07, 6.45) is 5.68. The number of H-pyrrole nitrogens is 1. The average Bonchev–Trinajstić information content (AvgIpc) is 3.22. The van der Waals surface area contributed by atoms with Gasteiger partial charge in [-0.05, 0) is 50.1 Å². The SMILES string of the molecule is CC1(C)NCCc2cc(Nc3ncc4c(n3)OCN(c3ncc[nH]3)C4=O)ccc21. The van der Waals surface area contributed by atoms with Crippen molar-refractivity contribution in [1.29, 1.82) is 0 Å². The molecule has 3 N–H and O–H groups in total. The van der Waals surface area contributed by atoms with E-state index in [2.05, 4.69) is 56.5 Å². The maximum atomic E-state index is 12.7. The van der Waals surface area contributed by atoms with Crippen LogP contribution in [0, 0.1) is 0 Å². The lowest BCUT2D eigenvalue weighted by Gasteiger charge is -2.34. The Morgan fingerprint density at radius 2 is 2.17 bits per heavy atom. The third kappa shape index (κ3) is 3.09. The summed E-state index contributed by atoms with van der Waals surface area (Å²) in [4.78, 5) is 29.8. The number of anilines is 3. The number of aromatic nitrogens is 4. The second-order valence-corrected chi connectivity index (χ2v) is 7.63. The zero-order chi connectivity index (χ0) is 20.0. The molecule has 0 radical (unpaired) electrons. The Hall–Kier alpha value is -3.46. The molecule has 0 saturated heterocycles. The van der Waals surface area contributed by atoms with Gasteiger partial charge in [0.1, 0.15) is 5.56 Å². The van der Waals surface area contributed by atoms with Crippen molar-refractivity contribution in [1.82, 2.24) is 25.3 Å². The summed E-state index contributed by atoms with van der Waals surface area (Å²) in [6, 6.07) is 6.27. The van der Waals surface area contributed by atoms with Gasteiger partial charge in [-0.1, -0.05) is 6.07 Å². The smallest absolute Gasteiger partial charge is 0.270 e. The van der Waals surface area contributed by atoms with Crippen molar-refractivity contribution in [2.45, 2.75) is 25.8 Å². The molecular formula is C20H21N7O2. The molecule has 1 aromatic carbocycles. The van der Waals surface area contributed by atoms with Crippen LogP contribution in [0.15, 0.2) is 36.8 Å². The lowest BCUT2D eigenvalue weighted by atomic mass is 9.85. The van der Waals surface area contributed by atoms with Crippen LogP contribution in [0.2, 0.25) is 0 Å². The number of fused-ring (bicyclic) bond motifs is 2. The topological polar surface area (TPSA) is 108 Å². The highest BCUT2D eigenvalue weighted by Gasteiger charge is 2.30. The molecule has 0 unspecified atom stereocenters. The monoisotopic (exact) mass is 391 g/mol. The molecule has 5 rings (SSSR count). The summed E-state index contributed by atoms with van der Waals surface area (Å²) >= 11 is 0. The first-order valence-electron chi connectivity index (χ1n) is 9.48. The highest BCUT2D eigenvalue weighted by Crippen LogP contribution is 2.31. The minimum absolute atomic E-state index is 0.0384. The number of hydrogen-bond donors (Lipinski definition) is 3. The molecular weight excluding hydrogens is 370 g/mol. The van der Waals surface area contributed by atoms with Crippen LogP contribution in [0.25, 0.3) is 0 Å². The predicted octanol–water partition coefficient (Wildman–Crippen LogP) is 2.32. The van der Waals surface area contributed by atoms with Crippen molar-refractivity contribution in [3.05, 3.63) is 53.5 Å². The summed E-state index contributed by atoms with van der Waals surface area (Å²) in [5, 5.41) is 6.75. The first-order valence-corrected chi connectivity index (χ1v) is 9.48. The van der Waals surface area contributed by atoms with Crippen molar-refractivity contribution in [2.75, 3.05) is 23.5 Å². The molecule has 3 aromatic rings. The van der Waals surface area contributed by atoms with Crippen LogP contribution in [0.3, 0.4) is 0 Å². The quantitative estimate of drug-likeness (QED) is 0.629. The Bertz CT molecular complexity index is 1080. The average molecular weight is 391 g/mol. The third-order valence-corrected chi connectivity index (χ3v) is 5.30. The van der Waals surface area contributed by atoms with Gasteiger partial charge in [0.15, 0.2) is 6.73 Å². The molecule has 0 bridgehead atoms. The number of hydrogen-bond acceptors (Lipinski definition) is 7. The van der Waals surface area contributed by atoms with Crippen LogP contribution >= 0.6 is 0 Å². The molecule has 148 valence electrons. The number of aromatic amines is 1. The number of carbonyl (C=O) groups is 1. The molecule has 4 heterocycles. The molecule has 0 saturated carbocycles. The van der Waals surface area contributed by atoms with Crippen LogP contribution in [0.4, 0.5) is 17.6 Å². The Balaban J connectivity index is 1.38. The van der Waals surface area contributed by atoms with E-state index in [9.17, 15) is 4.79 Å². The van der Waals surface area contributed by atoms with Crippen LogP contribution in [-0.4, -0.2) is 39.1 Å². The van der Waals surface area contributed by atoms with E-state index in [-0.39, 0.29) is 24.1 Å². The first-order chi connectivity index (χ1) is 14.0. The second kappa shape index (κ2) is 6.56. The molecule has 2 aromatic heterocycles. The fourth-order valence-electron chi connectivity index (χ4n) is 3.80. The molecule has 1 amide bonds. The molecule has 2 aliphatic heterocycles. The van der Waals surface area contributed by atoms with E-state index in [0.29, 0.717) is 17.5 Å². The molecule has 29 heavy (non-hydrogen) atoms. The van der Waals surface area contributed by atoms with E-state index >= 15 is 0 Å². The number of ether oxygens (including phenoxy) is 1. The summed E-state index contributed by atoms with van der Waals surface area (Å²) in [7, 11) is 0. The lowest BCUT2D eigenvalue weighted by molar-refractivity contribution is 0.0930. The summed E-state index contributed by atoms with van der Waals surface area (Å²) in [5.74, 6) is 0.820. The Morgan fingerprint density at radius 1 is 1.28 bits per heavy atom. The van der Waals surface area contributed by atoms with Gasteiger partial charge in [-0.3, -0.25) is 4.79 Å². The van der Waals surface area contributed by atoms with E-state index in [1.165, 1.54) is 22.2 Å². The summed E-state index contributed by atoms with van der Waals surface area (Å²) in [5.41, 5.74) is 3.77. The van der Waals surface area contributed by atoms with Crippen molar-refractivity contribution < 1.29 is 9.53 Å². The number of benzene rings is 1. The van der Waals surface area contributed by atoms with Gasteiger partial charge in [-0.15, -0.1) is 0 Å². The largest absolute Gasteiger partial charge is 0.455 e. The van der Waals surface area contributed by atoms with Gasteiger partial charge >= 0.3 is 0 Å².